The van der Waals surface area contributed by atoms with E-state index in [4.69, 9.17) is 5.11 Å². The van der Waals surface area contributed by atoms with Gasteiger partial charge in [-0.05, 0) is 0 Å². The molecule has 2 rings (SSSR count). The van der Waals surface area contributed by atoms with Gasteiger partial charge in [0.2, 0.25) is 5.78 Å². The van der Waals surface area contributed by atoms with Gasteiger partial charge in [-0.25, -0.2) is 4.39 Å². The summed E-state index contributed by atoms with van der Waals surface area (Å²) < 4.78 is 143. The summed E-state index contributed by atoms with van der Waals surface area (Å²) >= 11 is 0. The van der Waals surface area contributed by atoms with Crippen molar-refractivity contribution in [2.45, 2.75) is 29.6 Å². The van der Waals surface area contributed by atoms with Gasteiger partial charge in [-0.2, -0.15) is 43.9 Å². The molecule has 2 aliphatic carbocycles. The number of aliphatic hydroxyl groups is 1. The molecule has 0 heterocycles. The first kappa shape index (κ1) is 17.5. The highest BCUT2D eigenvalue weighted by Gasteiger charge is 2.84. The zero-order valence-electron chi connectivity index (χ0n) is 10.0. The number of carbonyl (C=O) groups excluding carboxylic acids is 1. The minimum atomic E-state index is -6.54. The van der Waals surface area contributed by atoms with E-state index in [1.165, 1.54) is 0 Å². The van der Waals surface area contributed by atoms with Gasteiger partial charge in [0.1, 0.15) is 0 Å². The van der Waals surface area contributed by atoms with E-state index < -0.39 is 58.1 Å². The molecule has 0 unspecified atom stereocenters. The van der Waals surface area contributed by atoms with Crippen molar-refractivity contribution in [2.24, 2.45) is 0 Å². The molecule has 23 heavy (non-hydrogen) atoms. The number of allylic oxidation sites excluding steroid dienone is 4. The molecule has 130 valence electrons. The quantitative estimate of drug-likeness (QED) is 0.721. The lowest BCUT2D eigenvalue weighted by Crippen LogP contribution is -2.49. The van der Waals surface area contributed by atoms with Crippen LogP contribution in [-0.4, -0.2) is 40.5 Å². The van der Waals surface area contributed by atoms with E-state index in [9.17, 15) is 53.1 Å². The first-order chi connectivity index (χ1) is 9.97. The second-order valence-corrected chi connectivity index (χ2v) is 4.61. The fourth-order valence-electron chi connectivity index (χ4n) is 2.00. The highest BCUT2D eigenvalue weighted by atomic mass is 19.4. The minimum absolute atomic E-state index is 3.00. The van der Waals surface area contributed by atoms with Crippen LogP contribution in [0.25, 0.3) is 0 Å². The van der Waals surface area contributed by atoms with Gasteiger partial charge in [0.05, 0.1) is 11.1 Å². The number of carbonyl (C=O) groups is 1. The summed E-state index contributed by atoms with van der Waals surface area (Å²) in [5.41, 5.74) is -6.40. The Labute approximate surface area is 117 Å². The highest BCUT2D eigenvalue weighted by Crippen LogP contribution is 2.63. The van der Waals surface area contributed by atoms with Crippen molar-refractivity contribution in [1.29, 1.82) is 0 Å². The Morgan fingerprint density at radius 3 is 1.39 bits per heavy atom. The number of alkyl halides is 10. The van der Waals surface area contributed by atoms with Crippen LogP contribution in [0.5, 0.6) is 0 Å². The Morgan fingerprint density at radius 1 is 0.696 bits per heavy atom. The highest BCUT2D eigenvalue weighted by molar-refractivity contribution is 6.09. The van der Waals surface area contributed by atoms with E-state index in [0.717, 1.165) is 0 Å². The molecule has 2 aliphatic rings. The fraction of sp³-hybridized carbons (Fsp3) is 0.500. The summed E-state index contributed by atoms with van der Waals surface area (Å²) in [5, 5.41) is 8.78. The number of ketones is 1. The molecule has 13 heteroatoms. The topological polar surface area (TPSA) is 37.3 Å². The van der Waals surface area contributed by atoms with Crippen molar-refractivity contribution in [3.63, 3.8) is 0 Å². The van der Waals surface area contributed by atoms with Gasteiger partial charge >= 0.3 is 29.6 Å². The number of hydrogen-bond acceptors (Lipinski definition) is 2. The van der Waals surface area contributed by atoms with Gasteiger partial charge in [0.15, 0.2) is 11.6 Å². The van der Waals surface area contributed by atoms with Gasteiger partial charge in [-0.3, -0.25) is 4.79 Å². The van der Waals surface area contributed by atoms with Gasteiger partial charge in [0.25, 0.3) is 0 Å². The van der Waals surface area contributed by atoms with E-state index in [1.807, 2.05) is 0 Å². The molecule has 0 amide bonds. The van der Waals surface area contributed by atoms with E-state index in [-0.39, 0.29) is 0 Å². The van der Waals surface area contributed by atoms with Crippen LogP contribution < -0.4 is 0 Å². The van der Waals surface area contributed by atoms with Crippen molar-refractivity contribution in [3.8, 4) is 0 Å². The number of aliphatic hydroxyl groups excluding tert-OH is 1. The molecule has 0 bridgehead atoms. The Kier molecular flexibility index (Phi) is 3.04. The number of Topliss-reactive ketones (excluding diaryl/α,β-unsaturated/α-hetero) is 1. The van der Waals surface area contributed by atoms with Gasteiger partial charge in [-0.1, -0.05) is 0 Å². The van der Waals surface area contributed by atoms with Crippen molar-refractivity contribution >= 4 is 5.78 Å². The molecule has 0 aromatic rings. The van der Waals surface area contributed by atoms with Crippen LogP contribution in [0.4, 0.5) is 48.3 Å². The van der Waals surface area contributed by atoms with Crippen LogP contribution >= 0.6 is 0 Å². The summed E-state index contributed by atoms with van der Waals surface area (Å²) in [6, 6.07) is 0. The Balaban J connectivity index is 2.84. The van der Waals surface area contributed by atoms with Crippen molar-refractivity contribution in [2.75, 3.05) is 0 Å². The molecule has 0 aromatic carbocycles. The van der Waals surface area contributed by atoms with Crippen LogP contribution in [0.2, 0.25) is 0 Å². The normalized spacial score (nSPS) is 30.3. The maximum atomic E-state index is 13.3. The molecule has 0 aromatic heterocycles. The van der Waals surface area contributed by atoms with E-state index in [1.54, 1.807) is 0 Å². The average molecular weight is 362 g/mol. The smallest absolute Gasteiger partial charge is 0.383 e. The molecule has 1 N–H and O–H groups in total. The van der Waals surface area contributed by atoms with Crippen LogP contribution in [0.1, 0.15) is 0 Å². The first-order valence-corrected chi connectivity index (χ1v) is 5.26. The molecule has 0 spiro atoms. The lowest BCUT2D eigenvalue weighted by Gasteiger charge is -2.24. The molecule has 0 aliphatic heterocycles. The summed E-state index contributed by atoms with van der Waals surface area (Å²) in [5.74, 6) is -41.3. The molecule has 2 nitrogen and oxygen atoms in total. The molecule has 0 saturated carbocycles. The molecular formula is C10HF11O2. The predicted octanol–water partition coefficient (Wildman–Crippen LogP) is 3.79. The van der Waals surface area contributed by atoms with Crippen molar-refractivity contribution in [1.82, 2.24) is 0 Å². The Morgan fingerprint density at radius 2 is 1.13 bits per heavy atom. The zero-order valence-corrected chi connectivity index (χ0v) is 10.0. The average Bonchev–Trinajstić information content (AvgIpc) is 2.55. The molecular weight excluding hydrogens is 361 g/mol. The Hall–Kier alpha value is -1.82. The number of rotatable bonds is 1. The maximum Gasteiger partial charge on any atom is 0.383 e. The second kappa shape index (κ2) is 3.98. The van der Waals surface area contributed by atoms with Crippen molar-refractivity contribution in [3.05, 3.63) is 22.7 Å². The molecule has 0 radical (unpaired) electrons. The van der Waals surface area contributed by atoms with E-state index >= 15 is 0 Å². The first-order valence-electron chi connectivity index (χ1n) is 5.26. The standard InChI is InChI=1S/C10HF11O2/c11-3-2(6(12,13)10(20,21)7(3,14)15)1-4(22)8(16,17)9(18,19)5(1)23/h22H. The third kappa shape index (κ3) is 1.57. The number of hydrogen-bond donors (Lipinski definition) is 1. The van der Waals surface area contributed by atoms with E-state index in [2.05, 4.69) is 0 Å². The number of halogens is 11. The largest absolute Gasteiger partial charge is 0.506 e. The third-order valence-electron chi connectivity index (χ3n) is 3.29. The Bertz CT molecular complexity index is 670. The monoisotopic (exact) mass is 362 g/mol. The lowest BCUT2D eigenvalue weighted by atomic mass is 9.98. The molecule has 0 saturated heterocycles. The van der Waals surface area contributed by atoms with Crippen LogP contribution in [0, 0.1) is 0 Å². The molecule has 0 atom stereocenters. The van der Waals surface area contributed by atoms with Gasteiger partial charge in [-0.15, -0.1) is 0 Å². The minimum Gasteiger partial charge on any atom is -0.506 e. The van der Waals surface area contributed by atoms with Crippen LogP contribution in [0.3, 0.4) is 0 Å². The summed E-state index contributed by atoms with van der Waals surface area (Å²) in [7, 11) is 0. The van der Waals surface area contributed by atoms with Crippen LogP contribution in [0.15, 0.2) is 22.7 Å². The zero-order chi connectivity index (χ0) is 18.4. The SMILES string of the molecule is O=C1C(C2=C(F)C(F)(F)C(F)(F)C2(F)F)=C(O)C(F)(F)C1(F)F. The van der Waals surface area contributed by atoms with Crippen molar-refractivity contribution < 1.29 is 58.2 Å². The summed E-state index contributed by atoms with van der Waals surface area (Å²) in [6.45, 7) is 0. The second-order valence-electron chi connectivity index (χ2n) is 4.61. The summed E-state index contributed by atoms with van der Waals surface area (Å²) in [6.07, 6.45) is 0. The summed E-state index contributed by atoms with van der Waals surface area (Å²) in [4.78, 5) is 11.0. The fourth-order valence-corrected chi connectivity index (χ4v) is 2.00. The predicted molar refractivity (Wildman–Crippen MR) is 47.5 cm³/mol. The van der Waals surface area contributed by atoms with Gasteiger partial charge < -0.3 is 5.11 Å². The molecule has 0 fully saturated rings. The maximum absolute atomic E-state index is 13.3. The van der Waals surface area contributed by atoms with Gasteiger partial charge in [0, 0.05) is 0 Å². The lowest BCUT2D eigenvalue weighted by molar-refractivity contribution is -0.267. The van der Waals surface area contributed by atoms with E-state index in [0.29, 0.717) is 0 Å². The van der Waals surface area contributed by atoms with Crippen LogP contribution in [-0.2, 0) is 4.79 Å². The third-order valence-corrected chi connectivity index (χ3v) is 3.29.